The normalized spacial score (nSPS) is 16.3. The number of hydrogen-bond donors (Lipinski definition) is 2. The average molecular weight is 305 g/mol. The van der Waals surface area contributed by atoms with Gasteiger partial charge in [-0.25, -0.2) is 4.99 Å². The van der Waals surface area contributed by atoms with Gasteiger partial charge in [0.05, 0.1) is 12.2 Å². The maximum atomic E-state index is 4.82. The summed E-state index contributed by atoms with van der Waals surface area (Å²) in [6.07, 6.45) is 7.15. The van der Waals surface area contributed by atoms with Gasteiger partial charge in [-0.05, 0) is 32.6 Å². The van der Waals surface area contributed by atoms with Crippen LogP contribution in [-0.4, -0.2) is 28.3 Å². The smallest absolute Gasteiger partial charge is 0.191 e. The standard InChI is InChI=1S/C17H31N5/c1-5-15-14(16(6-2)22(4)21-15)12-19-17(18-7-3)20-13-10-8-9-11-13/h13H,5-12H2,1-4H3,(H2,18,19,20). The zero-order valence-electron chi connectivity index (χ0n) is 14.6. The number of nitrogens with one attached hydrogen (secondary N) is 2. The van der Waals surface area contributed by atoms with E-state index in [1.807, 2.05) is 11.7 Å². The summed E-state index contributed by atoms with van der Waals surface area (Å²) in [5.74, 6) is 0.947. The molecule has 1 fully saturated rings. The van der Waals surface area contributed by atoms with E-state index in [4.69, 9.17) is 4.99 Å². The second kappa shape index (κ2) is 8.20. The highest BCUT2D eigenvalue weighted by molar-refractivity contribution is 5.80. The first-order valence-corrected chi connectivity index (χ1v) is 8.77. The zero-order valence-corrected chi connectivity index (χ0v) is 14.6. The average Bonchev–Trinajstić information content (AvgIpc) is 3.12. The summed E-state index contributed by atoms with van der Waals surface area (Å²) >= 11 is 0. The van der Waals surface area contributed by atoms with Crippen molar-refractivity contribution in [3.63, 3.8) is 0 Å². The Balaban J connectivity index is 2.12. The molecule has 1 aromatic rings. The molecule has 0 radical (unpaired) electrons. The molecule has 5 nitrogen and oxygen atoms in total. The lowest BCUT2D eigenvalue weighted by atomic mass is 10.1. The molecule has 1 aliphatic carbocycles. The Bertz CT molecular complexity index is 497. The minimum Gasteiger partial charge on any atom is -0.357 e. The van der Waals surface area contributed by atoms with Crippen LogP contribution in [0.4, 0.5) is 0 Å². The molecule has 1 aromatic heterocycles. The van der Waals surface area contributed by atoms with Crippen LogP contribution in [0.2, 0.25) is 0 Å². The minimum absolute atomic E-state index is 0.586. The van der Waals surface area contributed by atoms with Crippen molar-refractivity contribution in [3.8, 4) is 0 Å². The van der Waals surface area contributed by atoms with Crippen molar-refractivity contribution in [2.24, 2.45) is 12.0 Å². The van der Waals surface area contributed by atoms with Gasteiger partial charge in [0.25, 0.3) is 0 Å². The number of aromatic nitrogens is 2. The summed E-state index contributed by atoms with van der Waals surface area (Å²) in [6.45, 7) is 8.07. The van der Waals surface area contributed by atoms with Crippen molar-refractivity contribution in [1.29, 1.82) is 0 Å². The fourth-order valence-electron chi connectivity index (χ4n) is 3.31. The lowest BCUT2D eigenvalue weighted by molar-refractivity contribution is 0.613. The molecule has 124 valence electrons. The largest absolute Gasteiger partial charge is 0.357 e. The lowest BCUT2D eigenvalue weighted by Crippen LogP contribution is -2.42. The van der Waals surface area contributed by atoms with E-state index < -0.39 is 0 Å². The molecule has 0 spiro atoms. The molecule has 0 atom stereocenters. The van der Waals surface area contributed by atoms with Crippen LogP contribution in [0, 0.1) is 0 Å². The van der Waals surface area contributed by atoms with Crippen LogP contribution >= 0.6 is 0 Å². The topological polar surface area (TPSA) is 54.2 Å². The molecule has 1 heterocycles. The molecular formula is C17H31N5. The van der Waals surface area contributed by atoms with Gasteiger partial charge in [-0.15, -0.1) is 0 Å². The van der Waals surface area contributed by atoms with Crippen molar-refractivity contribution in [3.05, 3.63) is 17.0 Å². The molecule has 0 aromatic carbocycles. The highest BCUT2D eigenvalue weighted by atomic mass is 15.3. The highest BCUT2D eigenvalue weighted by Gasteiger charge is 2.17. The first kappa shape index (κ1) is 16.8. The van der Waals surface area contributed by atoms with Crippen LogP contribution in [0.5, 0.6) is 0 Å². The van der Waals surface area contributed by atoms with Crippen molar-refractivity contribution in [2.75, 3.05) is 6.54 Å². The predicted molar refractivity (Wildman–Crippen MR) is 92.2 cm³/mol. The summed E-state index contributed by atoms with van der Waals surface area (Å²) in [5.41, 5.74) is 3.79. The molecule has 0 unspecified atom stereocenters. The Labute approximate surface area is 134 Å². The number of hydrogen-bond acceptors (Lipinski definition) is 2. The van der Waals surface area contributed by atoms with Gasteiger partial charge < -0.3 is 10.6 Å². The molecule has 1 aliphatic rings. The molecule has 0 bridgehead atoms. The van der Waals surface area contributed by atoms with Gasteiger partial charge in [0, 0.05) is 30.9 Å². The summed E-state index contributed by atoms with van der Waals surface area (Å²) in [5, 5.41) is 11.6. The fraction of sp³-hybridized carbons (Fsp3) is 0.765. The van der Waals surface area contributed by atoms with Crippen LogP contribution in [0.1, 0.15) is 63.4 Å². The van der Waals surface area contributed by atoms with Crippen molar-refractivity contribution in [1.82, 2.24) is 20.4 Å². The Morgan fingerprint density at radius 3 is 2.55 bits per heavy atom. The number of rotatable bonds is 6. The summed E-state index contributed by atoms with van der Waals surface area (Å²) in [7, 11) is 2.03. The van der Waals surface area contributed by atoms with E-state index in [9.17, 15) is 0 Å². The van der Waals surface area contributed by atoms with Crippen LogP contribution in [-0.2, 0) is 26.4 Å². The summed E-state index contributed by atoms with van der Waals surface area (Å²) in [4.78, 5) is 4.82. The van der Waals surface area contributed by atoms with Gasteiger partial charge in [0.1, 0.15) is 0 Å². The summed E-state index contributed by atoms with van der Waals surface area (Å²) in [6, 6.07) is 0.586. The fourth-order valence-corrected chi connectivity index (χ4v) is 3.31. The van der Waals surface area contributed by atoms with Gasteiger partial charge in [0.2, 0.25) is 0 Å². The number of aryl methyl sites for hydroxylation is 2. The molecule has 1 saturated carbocycles. The number of nitrogens with zero attached hydrogens (tertiary/aromatic N) is 3. The molecule has 0 amide bonds. The third-order valence-electron chi connectivity index (χ3n) is 4.46. The van der Waals surface area contributed by atoms with Gasteiger partial charge in [0.15, 0.2) is 5.96 Å². The van der Waals surface area contributed by atoms with Crippen LogP contribution < -0.4 is 10.6 Å². The molecule has 5 heteroatoms. The van der Waals surface area contributed by atoms with E-state index in [0.29, 0.717) is 12.6 Å². The third kappa shape index (κ3) is 4.02. The SMILES string of the molecule is CCNC(=NCc1c(CC)nn(C)c1CC)NC1CCCC1. The van der Waals surface area contributed by atoms with Gasteiger partial charge in [-0.2, -0.15) is 5.10 Å². The molecule has 22 heavy (non-hydrogen) atoms. The Hall–Kier alpha value is -1.52. The monoisotopic (exact) mass is 305 g/mol. The van der Waals surface area contributed by atoms with E-state index in [0.717, 1.165) is 25.3 Å². The Morgan fingerprint density at radius 1 is 1.23 bits per heavy atom. The van der Waals surface area contributed by atoms with Crippen molar-refractivity contribution in [2.45, 2.75) is 71.9 Å². The lowest BCUT2D eigenvalue weighted by Gasteiger charge is -2.16. The van der Waals surface area contributed by atoms with E-state index in [1.165, 1.54) is 42.6 Å². The second-order valence-corrected chi connectivity index (χ2v) is 6.02. The molecule has 0 aliphatic heterocycles. The molecular weight excluding hydrogens is 274 g/mol. The number of guanidine groups is 1. The maximum absolute atomic E-state index is 4.82. The van der Waals surface area contributed by atoms with Gasteiger partial charge >= 0.3 is 0 Å². The first-order chi connectivity index (χ1) is 10.7. The van der Waals surface area contributed by atoms with Crippen LogP contribution in [0.3, 0.4) is 0 Å². The Morgan fingerprint density at radius 2 is 1.95 bits per heavy atom. The Kier molecular flexibility index (Phi) is 6.28. The van der Waals surface area contributed by atoms with E-state index >= 15 is 0 Å². The molecule has 2 rings (SSSR count). The minimum atomic E-state index is 0.586. The molecule has 2 N–H and O–H groups in total. The van der Waals surface area contributed by atoms with Gasteiger partial charge in [-0.3, -0.25) is 4.68 Å². The van der Waals surface area contributed by atoms with Crippen molar-refractivity contribution < 1.29 is 0 Å². The maximum Gasteiger partial charge on any atom is 0.191 e. The first-order valence-electron chi connectivity index (χ1n) is 8.77. The highest BCUT2D eigenvalue weighted by Crippen LogP contribution is 2.18. The predicted octanol–water partition coefficient (Wildman–Crippen LogP) is 2.54. The third-order valence-corrected chi connectivity index (χ3v) is 4.46. The van der Waals surface area contributed by atoms with E-state index in [1.54, 1.807) is 0 Å². The van der Waals surface area contributed by atoms with Gasteiger partial charge in [-0.1, -0.05) is 26.7 Å². The molecule has 0 saturated heterocycles. The summed E-state index contributed by atoms with van der Waals surface area (Å²) < 4.78 is 2.01. The number of aliphatic imine (C=N–C) groups is 1. The zero-order chi connectivity index (χ0) is 15.9. The van der Waals surface area contributed by atoms with Crippen molar-refractivity contribution >= 4 is 5.96 Å². The quantitative estimate of drug-likeness (QED) is 0.627. The van der Waals surface area contributed by atoms with Crippen LogP contribution in [0.25, 0.3) is 0 Å². The van der Waals surface area contributed by atoms with E-state index in [2.05, 4.69) is 36.5 Å². The van der Waals surface area contributed by atoms with Crippen LogP contribution in [0.15, 0.2) is 4.99 Å². The second-order valence-electron chi connectivity index (χ2n) is 6.02. The van der Waals surface area contributed by atoms with E-state index in [-0.39, 0.29) is 0 Å².